The maximum absolute atomic E-state index is 12.4. The van der Waals surface area contributed by atoms with E-state index < -0.39 is 0 Å². The summed E-state index contributed by atoms with van der Waals surface area (Å²) in [6.07, 6.45) is 5.72. The van der Waals surface area contributed by atoms with Crippen molar-refractivity contribution in [2.75, 3.05) is 19.7 Å². The van der Waals surface area contributed by atoms with Crippen LogP contribution in [0.3, 0.4) is 0 Å². The van der Waals surface area contributed by atoms with Gasteiger partial charge in [0.05, 0.1) is 18.2 Å². The van der Waals surface area contributed by atoms with Crippen LogP contribution >= 0.6 is 0 Å². The van der Waals surface area contributed by atoms with Crippen LogP contribution in [-0.2, 0) is 4.74 Å². The number of likely N-dealkylation sites (tertiary alicyclic amines) is 1. The molecule has 2 aliphatic rings. The summed E-state index contributed by atoms with van der Waals surface area (Å²) in [5.41, 5.74) is 0.794. The molecule has 1 spiro atoms. The summed E-state index contributed by atoms with van der Waals surface area (Å²) in [5, 5.41) is 3.01. The summed E-state index contributed by atoms with van der Waals surface area (Å²) >= 11 is 0. The molecule has 2 N–H and O–H groups in total. The Bertz CT molecular complexity index is 767. The maximum Gasteiger partial charge on any atom is 0.270 e. The lowest BCUT2D eigenvalue weighted by Crippen LogP contribution is -2.47. The molecule has 136 valence electrons. The highest BCUT2D eigenvalue weighted by atomic mass is 16.5. The topological polar surface area (TPSA) is 87.3 Å². The van der Waals surface area contributed by atoms with E-state index in [2.05, 4.69) is 15.3 Å². The summed E-state index contributed by atoms with van der Waals surface area (Å²) in [5.74, 6) is -0.140. The van der Waals surface area contributed by atoms with Crippen LogP contribution in [0.25, 0.3) is 0 Å². The Morgan fingerprint density at radius 2 is 2.08 bits per heavy atom. The van der Waals surface area contributed by atoms with Gasteiger partial charge in [-0.3, -0.25) is 14.6 Å². The van der Waals surface area contributed by atoms with Gasteiger partial charge in [0.2, 0.25) is 0 Å². The van der Waals surface area contributed by atoms with E-state index in [-0.39, 0.29) is 23.5 Å². The number of pyridine rings is 1. The fourth-order valence-corrected chi connectivity index (χ4v) is 3.79. The lowest BCUT2D eigenvalue weighted by molar-refractivity contribution is -0.0390. The van der Waals surface area contributed by atoms with Crippen molar-refractivity contribution in [3.8, 4) is 0 Å². The van der Waals surface area contributed by atoms with Crippen LogP contribution in [0.5, 0.6) is 0 Å². The number of H-pyrrole nitrogens is 1. The van der Waals surface area contributed by atoms with Gasteiger partial charge in [0, 0.05) is 25.5 Å². The zero-order valence-corrected chi connectivity index (χ0v) is 14.5. The Morgan fingerprint density at radius 1 is 1.23 bits per heavy atom. The van der Waals surface area contributed by atoms with Crippen LogP contribution in [0.4, 0.5) is 0 Å². The average molecular weight is 354 g/mol. The number of ether oxygens (including phenoxy) is 1. The van der Waals surface area contributed by atoms with Crippen LogP contribution in [-0.4, -0.2) is 58.0 Å². The van der Waals surface area contributed by atoms with Crippen molar-refractivity contribution in [1.29, 1.82) is 0 Å². The molecular formula is C19H22N4O3. The van der Waals surface area contributed by atoms with E-state index in [1.807, 2.05) is 11.0 Å². The number of aromatic amines is 1. The molecule has 4 rings (SSSR count). The molecule has 26 heavy (non-hydrogen) atoms. The summed E-state index contributed by atoms with van der Waals surface area (Å²) < 4.78 is 6.07. The van der Waals surface area contributed by atoms with Gasteiger partial charge in [0.25, 0.3) is 11.8 Å². The molecule has 7 heteroatoms. The van der Waals surface area contributed by atoms with Gasteiger partial charge in [-0.2, -0.15) is 0 Å². The first-order valence-corrected chi connectivity index (χ1v) is 8.94. The normalized spacial score (nSPS) is 21.7. The smallest absolute Gasteiger partial charge is 0.270 e. The number of nitrogens with zero attached hydrogens (tertiary/aromatic N) is 2. The zero-order chi connectivity index (χ0) is 18.0. The van der Waals surface area contributed by atoms with Crippen LogP contribution < -0.4 is 5.32 Å². The third-order valence-corrected chi connectivity index (χ3v) is 5.23. The number of rotatable bonds is 3. The van der Waals surface area contributed by atoms with E-state index in [1.165, 1.54) is 0 Å². The molecule has 2 fully saturated rings. The molecule has 2 aliphatic heterocycles. The van der Waals surface area contributed by atoms with Crippen LogP contribution in [0.1, 0.15) is 40.2 Å². The Balaban J connectivity index is 1.31. The summed E-state index contributed by atoms with van der Waals surface area (Å²) in [6.45, 7) is 1.83. The van der Waals surface area contributed by atoms with Gasteiger partial charge < -0.3 is 19.9 Å². The van der Waals surface area contributed by atoms with Crippen molar-refractivity contribution in [2.45, 2.75) is 30.9 Å². The number of hydrogen-bond donors (Lipinski definition) is 2. The van der Waals surface area contributed by atoms with E-state index in [4.69, 9.17) is 4.74 Å². The molecule has 2 aromatic heterocycles. The van der Waals surface area contributed by atoms with E-state index in [1.54, 1.807) is 36.7 Å². The third kappa shape index (κ3) is 3.35. The second-order valence-electron chi connectivity index (χ2n) is 6.96. The zero-order valence-electron chi connectivity index (χ0n) is 14.5. The monoisotopic (exact) mass is 354 g/mol. The summed E-state index contributed by atoms with van der Waals surface area (Å²) in [4.78, 5) is 33.6. The first-order valence-electron chi connectivity index (χ1n) is 8.94. The summed E-state index contributed by atoms with van der Waals surface area (Å²) in [7, 11) is 0. The second kappa shape index (κ2) is 6.92. The fraction of sp³-hybridized carbons (Fsp3) is 0.421. The number of hydrogen-bond acceptors (Lipinski definition) is 4. The van der Waals surface area contributed by atoms with E-state index >= 15 is 0 Å². The fourth-order valence-electron chi connectivity index (χ4n) is 3.79. The standard InChI is InChI=1S/C19H22N4O3/c24-17(15-4-1-2-8-20-15)22-14-12-19(26-13-14)6-10-23(11-7-19)18(25)16-5-3-9-21-16/h1-5,8-9,14,21H,6-7,10-13H2,(H,22,24)/t14-/m1/s1. The molecule has 0 unspecified atom stereocenters. The first-order chi connectivity index (χ1) is 12.7. The molecule has 0 aliphatic carbocycles. The molecule has 2 aromatic rings. The number of piperidine rings is 1. The molecule has 2 saturated heterocycles. The van der Waals surface area contributed by atoms with E-state index in [0.29, 0.717) is 31.1 Å². The van der Waals surface area contributed by atoms with Crippen molar-refractivity contribution >= 4 is 11.8 Å². The number of carbonyl (C=O) groups excluding carboxylic acids is 2. The third-order valence-electron chi connectivity index (χ3n) is 5.23. The van der Waals surface area contributed by atoms with Crippen LogP contribution in [0.15, 0.2) is 42.7 Å². The van der Waals surface area contributed by atoms with Crippen molar-refractivity contribution < 1.29 is 14.3 Å². The predicted octanol–water partition coefficient (Wildman–Crippen LogP) is 1.60. The number of amides is 2. The summed E-state index contributed by atoms with van der Waals surface area (Å²) in [6, 6.07) is 8.88. The molecule has 4 heterocycles. The Morgan fingerprint density at radius 3 is 2.77 bits per heavy atom. The van der Waals surface area contributed by atoms with Gasteiger partial charge in [-0.25, -0.2) is 0 Å². The molecule has 2 amide bonds. The minimum Gasteiger partial charge on any atom is -0.373 e. The van der Waals surface area contributed by atoms with Gasteiger partial charge in [0.15, 0.2) is 0 Å². The molecule has 0 bridgehead atoms. The van der Waals surface area contributed by atoms with Gasteiger partial charge in [-0.05, 0) is 43.5 Å². The van der Waals surface area contributed by atoms with Crippen LogP contribution in [0, 0.1) is 0 Å². The minimum atomic E-state index is -0.241. The van der Waals surface area contributed by atoms with Crippen molar-refractivity contribution in [1.82, 2.24) is 20.2 Å². The highest BCUT2D eigenvalue weighted by Crippen LogP contribution is 2.36. The molecule has 0 radical (unpaired) electrons. The molecule has 0 aromatic carbocycles. The van der Waals surface area contributed by atoms with Gasteiger partial charge in [-0.1, -0.05) is 6.07 Å². The highest BCUT2D eigenvalue weighted by molar-refractivity contribution is 5.93. The quantitative estimate of drug-likeness (QED) is 0.876. The van der Waals surface area contributed by atoms with Crippen molar-refractivity contribution in [3.05, 3.63) is 54.1 Å². The van der Waals surface area contributed by atoms with Gasteiger partial charge in [-0.15, -0.1) is 0 Å². The average Bonchev–Trinajstić information content (AvgIpc) is 3.33. The molecule has 7 nitrogen and oxygen atoms in total. The van der Waals surface area contributed by atoms with Crippen LogP contribution in [0.2, 0.25) is 0 Å². The lowest BCUT2D eigenvalue weighted by Gasteiger charge is -2.38. The number of aromatic nitrogens is 2. The molecule has 0 saturated carbocycles. The Labute approximate surface area is 151 Å². The predicted molar refractivity (Wildman–Crippen MR) is 94.7 cm³/mol. The minimum absolute atomic E-state index is 0.0184. The van der Waals surface area contributed by atoms with Crippen molar-refractivity contribution in [3.63, 3.8) is 0 Å². The highest BCUT2D eigenvalue weighted by Gasteiger charge is 2.44. The van der Waals surface area contributed by atoms with E-state index in [0.717, 1.165) is 19.3 Å². The Kier molecular flexibility index (Phi) is 4.46. The maximum atomic E-state index is 12.4. The van der Waals surface area contributed by atoms with Gasteiger partial charge in [0.1, 0.15) is 11.4 Å². The van der Waals surface area contributed by atoms with Gasteiger partial charge >= 0.3 is 0 Å². The lowest BCUT2D eigenvalue weighted by atomic mass is 9.87. The van der Waals surface area contributed by atoms with Crippen molar-refractivity contribution in [2.24, 2.45) is 0 Å². The molecule has 1 atom stereocenters. The second-order valence-corrected chi connectivity index (χ2v) is 6.96. The van der Waals surface area contributed by atoms with E-state index in [9.17, 15) is 9.59 Å². The first kappa shape index (κ1) is 16.8. The molecular weight excluding hydrogens is 332 g/mol. The SMILES string of the molecule is O=C(N[C@H]1COC2(CCN(C(=O)c3ccc[nH]3)CC2)C1)c1ccccn1. The number of carbonyl (C=O) groups is 2. The Hall–Kier alpha value is -2.67. The number of nitrogens with one attached hydrogen (secondary N) is 2. The largest absolute Gasteiger partial charge is 0.373 e.